The van der Waals surface area contributed by atoms with Crippen molar-refractivity contribution in [2.24, 2.45) is 5.92 Å². The van der Waals surface area contributed by atoms with E-state index in [1.54, 1.807) is 0 Å². The normalized spacial score (nSPS) is 13.6. The molecule has 0 aliphatic rings. The predicted molar refractivity (Wildman–Crippen MR) is 95.8 cm³/mol. The zero-order valence-corrected chi connectivity index (χ0v) is 16.9. The van der Waals surface area contributed by atoms with Crippen LogP contribution in [0.15, 0.2) is 29.2 Å². The highest BCUT2D eigenvalue weighted by atomic mass is 35.5. The molecule has 2 unspecified atom stereocenters. The molecule has 27 heavy (non-hydrogen) atoms. The Bertz CT molecular complexity index is 786. The molecule has 0 radical (unpaired) electrons. The van der Waals surface area contributed by atoms with Crippen LogP contribution in [-0.2, 0) is 38.4 Å². The van der Waals surface area contributed by atoms with Gasteiger partial charge in [0, 0.05) is 5.02 Å². The van der Waals surface area contributed by atoms with Crippen LogP contribution in [0.1, 0.15) is 20.3 Å². The molecule has 0 saturated carbocycles. The first-order chi connectivity index (χ1) is 12.5. The van der Waals surface area contributed by atoms with Crippen molar-refractivity contribution >= 4 is 39.3 Å². The number of carbonyl (C=O) groups excluding carboxylic acids is 3. The van der Waals surface area contributed by atoms with Crippen LogP contribution < -0.4 is 0 Å². The van der Waals surface area contributed by atoms with Crippen molar-refractivity contribution in [3.05, 3.63) is 29.3 Å². The lowest BCUT2D eigenvalue weighted by Crippen LogP contribution is -2.44. The van der Waals surface area contributed by atoms with Crippen molar-refractivity contribution in [1.82, 2.24) is 0 Å². The number of halogens is 1. The van der Waals surface area contributed by atoms with E-state index in [4.69, 9.17) is 16.3 Å². The summed E-state index contributed by atoms with van der Waals surface area (Å²) in [4.78, 5) is 36.2. The van der Waals surface area contributed by atoms with E-state index >= 15 is 0 Å². The smallest absolute Gasteiger partial charge is 0.325 e. The second kappa shape index (κ2) is 9.70. The number of sulfone groups is 1. The summed E-state index contributed by atoms with van der Waals surface area (Å²) < 4.78 is 40.3. The number of hydrogen-bond acceptors (Lipinski definition) is 8. The summed E-state index contributed by atoms with van der Waals surface area (Å²) in [5, 5.41) is -1.71. The fourth-order valence-corrected chi connectivity index (χ4v) is 4.19. The van der Waals surface area contributed by atoms with Crippen molar-refractivity contribution in [2.45, 2.75) is 36.5 Å². The third-order valence-corrected chi connectivity index (χ3v) is 5.92. The number of methoxy groups -OCH3 is 2. The molecular formula is C17H21ClO8S. The summed E-state index contributed by atoms with van der Waals surface area (Å²) in [6.07, 6.45) is -1.31. The van der Waals surface area contributed by atoms with E-state index in [-0.39, 0.29) is 9.92 Å². The summed E-state index contributed by atoms with van der Waals surface area (Å²) in [5.41, 5.74) is 0. The largest absolute Gasteiger partial charge is 0.469 e. The third-order valence-electron chi connectivity index (χ3n) is 3.54. The molecule has 1 rings (SSSR count). The lowest BCUT2D eigenvalue weighted by Gasteiger charge is -2.24. The van der Waals surface area contributed by atoms with Gasteiger partial charge in [0.05, 0.1) is 37.6 Å². The third kappa shape index (κ3) is 5.93. The number of benzene rings is 1. The molecule has 0 fully saturated rings. The summed E-state index contributed by atoms with van der Waals surface area (Å²) in [6, 6.07) is 5.04. The van der Waals surface area contributed by atoms with Gasteiger partial charge in [0.25, 0.3) is 0 Å². The molecule has 2 atom stereocenters. The molecule has 0 spiro atoms. The first-order valence-corrected chi connectivity index (χ1v) is 9.81. The molecule has 0 aliphatic heterocycles. The van der Waals surface area contributed by atoms with Crippen LogP contribution in [0.4, 0.5) is 0 Å². The van der Waals surface area contributed by atoms with Crippen molar-refractivity contribution in [3.8, 4) is 0 Å². The summed E-state index contributed by atoms with van der Waals surface area (Å²) >= 11 is 5.77. The first kappa shape index (κ1) is 22.9. The minimum atomic E-state index is -4.41. The summed E-state index contributed by atoms with van der Waals surface area (Å²) in [5.74, 6) is -4.74. The fraction of sp³-hybridized carbons (Fsp3) is 0.471. The molecule has 1 aromatic carbocycles. The lowest BCUT2D eigenvalue weighted by atomic mass is 10.0. The second-order valence-corrected chi connectivity index (χ2v) is 8.32. The Morgan fingerprint density at radius 2 is 1.56 bits per heavy atom. The van der Waals surface area contributed by atoms with Crippen molar-refractivity contribution in [1.29, 1.82) is 0 Å². The number of ether oxygens (including phenoxy) is 3. The molecule has 10 heteroatoms. The van der Waals surface area contributed by atoms with E-state index in [0.29, 0.717) is 0 Å². The minimum absolute atomic E-state index is 0.253. The lowest BCUT2D eigenvalue weighted by molar-refractivity contribution is -0.157. The molecule has 0 saturated heterocycles. The Kier molecular flexibility index (Phi) is 8.23. The SMILES string of the molecule is COC(=O)CC(C(=O)OC)C(C(=O)OC(C)C)S(=O)(=O)c1ccc(Cl)cc1. The van der Waals surface area contributed by atoms with Gasteiger partial charge in [-0.15, -0.1) is 0 Å². The number of hydrogen-bond donors (Lipinski definition) is 0. The van der Waals surface area contributed by atoms with E-state index in [2.05, 4.69) is 9.47 Å². The van der Waals surface area contributed by atoms with E-state index in [1.165, 1.54) is 38.1 Å². The predicted octanol–water partition coefficient (Wildman–Crippen LogP) is 1.79. The standard InChI is InChI=1S/C17H21ClO8S/c1-10(2)26-17(21)15(13(16(20)25-4)9-14(19)24-3)27(22,23)12-7-5-11(18)6-8-12/h5-8,10,13,15H,9H2,1-4H3. The van der Waals surface area contributed by atoms with Crippen LogP contribution in [0.5, 0.6) is 0 Å². The zero-order valence-electron chi connectivity index (χ0n) is 15.3. The van der Waals surface area contributed by atoms with Crippen LogP contribution in [-0.4, -0.2) is 51.9 Å². The van der Waals surface area contributed by atoms with Gasteiger partial charge in [-0.3, -0.25) is 14.4 Å². The highest BCUT2D eigenvalue weighted by Gasteiger charge is 2.47. The molecule has 1 aromatic rings. The Labute approximate surface area is 162 Å². The quantitative estimate of drug-likeness (QED) is 0.462. The topological polar surface area (TPSA) is 113 Å². The second-order valence-electron chi connectivity index (χ2n) is 5.82. The van der Waals surface area contributed by atoms with Gasteiger partial charge in [-0.05, 0) is 38.1 Å². The number of rotatable bonds is 8. The van der Waals surface area contributed by atoms with Gasteiger partial charge < -0.3 is 14.2 Å². The molecule has 0 aliphatic carbocycles. The minimum Gasteiger partial charge on any atom is -0.469 e. The zero-order chi connectivity index (χ0) is 20.8. The molecular weight excluding hydrogens is 400 g/mol. The molecule has 0 N–H and O–H groups in total. The summed E-state index contributed by atoms with van der Waals surface area (Å²) in [6.45, 7) is 3.05. The van der Waals surface area contributed by atoms with Gasteiger partial charge in [-0.1, -0.05) is 11.6 Å². The van der Waals surface area contributed by atoms with Crippen LogP contribution >= 0.6 is 11.6 Å². The highest BCUT2D eigenvalue weighted by Crippen LogP contribution is 2.28. The molecule has 0 bridgehead atoms. The highest BCUT2D eigenvalue weighted by molar-refractivity contribution is 7.92. The molecule has 0 heterocycles. The van der Waals surface area contributed by atoms with Crippen LogP contribution in [0, 0.1) is 5.92 Å². The Balaban J connectivity index is 3.52. The van der Waals surface area contributed by atoms with E-state index in [9.17, 15) is 22.8 Å². The Morgan fingerprint density at radius 3 is 2.00 bits per heavy atom. The van der Waals surface area contributed by atoms with E-state index in [1.807, 2.05) is 0 Å². The number of carbonyl (C=O) groups is 3. The first-order valence-electron chi connectivity index (χ1n) is 7.89. The number of esters is 3. The molecule has 8 nitrogen and oxygen atoms in total. The van der Waals surface area contributed by atoms with Crippen LogP contribution in [0.3, 0.4) is 0 Å². The van der Waals surface area contributed by atoms with Crippen LogP contribution in [0.25, 0.3) is 0 Å². The van der Waals surface area contributed by atoms with Gasteiger partial charge in [-0.2, -0.15) is 0 Å². The van der Waals surface area contributed by atoms with Gasteiger partial charge in [-0.25, -0.2) is 8.42 Å². The Hall–Kier alpha value is -2.13. The van der Waals surface area contributed by atoms with Gasteiger partial charge in [0.1, 0.15) is 0 Å². The van der Waals surface area contributed by atoms with E-state index < -0.39 is 51.4 Å². The van der Waals surface area contributed by atoms with Gasteiger partial charge in [0.2, 0.25) is 0 Å². The van der Waals surface area contributed by atoms with Crippen LogP contribution in [0.2, 0.25) is 5.02 Å². The van der Waals surface area contributed by atoms with E-state index in [0.717, 1.165) is 14.2 Å². The molecule has 150 valence electrons. The molecule has 0 aromatic heterocycles. The maximum atomic E-state index is 13.1. The summed E-state index contributed by atoms with van der Waals surface area (Å²) in [7, 11) is -2.32. The molecule has 0 amide bonds. The monoisotopic (exact) mass is 420 g/mol. The maximum Gasteiger partial charge on any atom is 0.325 e. The average Bonchev–Trinajstić information content (AvgIpc) is 2.59. The van der Waals surface area contributed by atoms with Gasteiger partial charge >= 0.3 is 17.9 Å². The van der Waals surface area contributed by atoms with Crippen molar-refractivity contribution < 1.29 is 37.0 Å². The average molecular weight is 421 g/mol. The fourth-order valence-electron chi connectivity index (χ4n) is 2.31. The van der Waals surface area contributed by atoms with Crippen molar-refractivity contribution in [2.75, 3.05) is 14.2 Å². The Morgan fingerprint density at radius 1 is 1.00 bits per heavy atom. The van der Waals surface area contributed by atoms with Gasteiger partial charge in [0.15, 0.2) is 15.1 Å². The maximum absolute atomic E-state index is 13.1. The van der Waals surface area contributed by atoms with Crippen molar-refractivity contribution in [3.63, 3.8) is 0 Å².